The molecule has 0 amide bonds. The fraction of sp³-hybridized carbons (Fsp3) is 0.926. The Kier molecular flexibility index (Phi) is 26.9. The summed E-state index contributed by atoms with van der Waals surface area (Å²) >= 11 is 0. The van der Waals surface area contributed by atoms with Crippen molar-refractivity contribution in [2.75, 3.05) is 26.6 Å². The second kappa shape index (κ2) is 27.5. The van der Waals surface area contributed by atoms with Gasteiger partial charge in [-0.1, -0.05) is 84.0 Å². The van der Waals surface area contributed by atoms with Crippen molar-refractivity contribution in [1.82, 2.24) is 0 Å². The van der Waals surface area contributed by atoms with Gasteiger partial charge in [0.05, 0.1) is 12.9 Å². The number of hydrogen-bond donors (Lipinski definition) is 0. The molecule has 0 radical (unpaired) electrons. The Morgan fingerprint density at radius 3 is 1.77 bits per heavy atom. The average molecular weight is 443 g/mol. The number of allylic oxidation sites excluding steroid dienone is 1. The van der Waals surface area contributed by atoms with E-state index in [1.165, 1.54) is 89.9 Å². The molecule has 0 bridgehead atoms. The first-order valence-electron chi connectivity index (χ1n) is 13.4. The van der Waals surface area contributed by atoms with Crippen LogP contribution in [0.3, 0.4) is 0 Å². The van der Waals surface area contributed by atoms with E-state index in [9.17, 15) is 0 Å². The summed E-state index contributed by atoms with van der Waals surface area (Å²) in [5.41, 5.74) is 0. The van der Waals surface area contributed by atoms with Gasteiger partial charge in [0.25, 0.3) is 0 Å². The molecule has 0 saturated heterocycles. The first kappa shape index (κ1) is 30.4. The van der Waals surface area contributed by atoms with E-state index in [-0.39, 0.29) is 6.29 Å². The fourth-order valence-electron chi connectivity index (χ4n) is 3.66. The molecular formula is C27H54O4. The number of unbranched alkanes of at least 4 members (excludes halogenated alkanes) is 14. The third kappa shape index (κ3) is 25.6. The van der Waals surface area contributed by atoms with Crippen LogP contribution in [0.15, 0.2) is 12.3 Å². The van der Waals surface area contributed by atoms with Gasteiger partial charge in [-0.3, -0.25) is 0 Å². The maximum absolute atomic E-state index is 5.58. The lowest BCUT2D eigenvalue weighted by molar-refractivity contribution is -0.140. The molecule has 4 heteroatoms. The number of ether oxygens (including phenoxy) is 4. The van der Waals surface area contributed by atoms with Crippen LogP contribution in [0.4, 0.5) is 0 Å². The molecule has 0 fully saturated rings. The highest BCUT2D eigenvalue weighted by Crippen LogP contribution is 2.13. The van der Waals surface area contributed by atoms with E-state index in [1.54, 1.807) is 6.26 Å². The first-order chi connectivity index (χ1) is 15.3. The monoisotopic (exact) mass is 442 g/mol. The highest BCUT2D eigenvalue weighted by Gasteiger charge is 2.06. The van der Waals surface area contributed by atoms with Gasteiger partial charge in [0, 0.05) is 13.2 Å². The molecule has 0 aromatic heterocycles. The van der Waals surface area contributed by atoms with Crippen molar-refractivity contribution in [2.24, 2.45) is 0 Å². The zero-order valence-electron chi connectivity index (χ0n) is 21.2. The van der Waals surface area contributed by atoms with E-state index in [4.69, 9.17) is 18.9 Å². The van der Waals surface area contributed by atoms with Crippen molar-refractivity contribution >= 4 is 0 Å². The largest absolute Gasteiger partial charge is 0.475 e. The smallest absolute Gasteiger partial charge is 0.188 e. The molecule has 0 heterocycles. The molecule has 0 aliphatic heterocycles. The van der Waals surface area contributed by atoms with Gasteiger partial charge in [-0.15, -0.1) is 0 Å². The van der Waals surface area contributed by atoms with E-state index in [0.29, 0.717) is 6.79 Å². The third-order valence-corrected chi connectivity index (χ3v) is 5.50. The Labute approximate surface area is 194 Å². The van der Waals surface area contributed by atoms with Crippen LogP contribution in [0.5, 0.6) is 0 Å². The van der Waals surface area contributed by atoms with Gasteiger partial charge in [0.2, 0.25) is 0 Å². The van der Waals surface area contributed by atoms with E-state index in [1.807, 2.05) is 13.8 Å². The molecule has 0 saturated carbocycles. The normalized spacial score (nSPS) is 11.7. The molecule has 0 rings (SSSR count). The third-order valence-electron chi connectivity index (χ3n) is 5.50. The summed E-state index contributed by atoms with van der Waals surface area (Å²) in [6.07, 6.45) is 25.7. The molecular weight excluding hydrogens is 388 g/mol. The average Bonchev–Trinajstić information content (AvgIpc) is 2.77. The first-order valence-corrected chi connectivity index (χ1v) is 13.4. The molecule has 0 aliphatic carbocycles. The van der Waals surface area contributed by atoms with Crippen LogP contribution < -0.4 is 0 Å². The van der Waals surface area contributed by atoms with Gasteiger partial charge in [0.1, 0.15) is 0 Å². The maximum atomic E-state index is 5.58. The number of hydrogen-bond acceptors (Lipinski definition) is 4. The topological polar surface area (TPSA) is 36.9 Å². The summed E-state index contributed by atoms with van der Waals surface area (Å²) in [7, 11) is 0. The summed E-state index contributed by atoms with van der Waals surface area (Å²) in [6.45, 7) is 9.00. The molecule has 186 valence electrons. The Balaban J connectivity index is 3.19. The minimum Gasteiger partial charge on any atom is -0.475 e. The Bertz CT molecular complexity index is 340. The van der Waals surface area contributed by atoms with Crippen molar-refractivity contribution in [3.63, 3.8) is 0 Å². The maximum Gasteiger partial charge on any atom is 0.188 e. The predicted molar refractivity (Wildman–Crippen MR) is 132 cm³/mol. The summed E-state index contributed by atoms with van der Waals surface area (Å²) in [4.78, 5) is 0. The van der Waals surface area contributed by atoms with Gasteiger partial charge in [-0.2, -0.15) is 0 Å². The van der Waals surface area contributed by atoms with E-state index in [0.717, 1.165) is 39.1 Å². The van der Waals surface area contributed by atoms with Crippen LogP contribution in [-0.2, 0) is 18.9 Å². The second-order valence-corrected chi connectivity index (χ2v) is 8.43. The Morgan fingerprint density at radius 1 is 0.613 bits per heavy atom. The van der Waals surface area contributed by atoms with Gasteiger partial charge < -0.3 is 18.9 Å². The summed E-state index contributed by atoms with van der Waals surface area (Å²) in [5.74, 6) is 0. The molecule has 0 aromatic carbocycles. The highest BCUT2D eigenvalue weighted by molar-refractivity contribution is 4.72. The lowest BCUT2D eigenvalue weighted by Gasteiger charge is -2.16. The Hall–Kier alpha value is -0.580. The summed E-state index contributed by atoms with van der Waals surface area (Å²) < 4.78 is 22.1. The molecule has 31 heavy (non-hydrogen) atoms. The molecule has 0 N–H and O–H groups in total. The highest BCUT2D eigenvalue weighted by atomic mass is 16.7. The van der Waals surface area contributed by atoms with Crippen molar-refractivity contribution in [2.45, 2.75) is 136 Å². The minimum atomic E-state index is -0.000452. The molecule has 0 unspecified atom stereocenters. The zero-order chi connectivity index (χ0) is 22.7. The lowest BCUT2D eigenvalue weighted by Crippen LogP contribution is -2.17. The Morgan fingerprint density at radius 2 is 1.16 bits per heavy atom. The van der Waals surface area contributed by atoms with Gasteiger partial charge in [-0.05, 0) is 52.0 Å². The predicted octanol–water partition coefficient (Wildman–Crippen LogP) is 8.54. The molecule has 4 nitrogen and oxygen atoms in total. The minimum absolute atomic E-state index is 0.000452. The van der Waals surface area contributed by atoms with Crippen molar-refractivity contribution in [3.05, 3.63) is 12.3 Å². The van der Waals surface area contributed by atoms with Crippen molar-refractivity contribution in [1.29, 1.82) is 0 Å². The van der Waals surface area contributed by atoms with Crippen LogP contribution >= 0.6 is 0 Å². The number of rotatable bonds is 26. The molecule has 0 spiro atoms. The summed E-state index contributed by atoms with van der Waals surface area (Å²) in [5, 5.41) is 0. The molecule has 0 atom stereocenters. The van der Waals surface area contributed by atoms with Crippen LogP contribution in [0.1, 0.15) is 130 Å². The van der Waals surface area contributed by atoms with Crippen LogP contribution in [-0.4, -0.2) is 32.9 Å². The molecule has 0 aromatic rings. The van der Waals surface area contributed by atoms with Crippen LogP contribution in [0.25, 0.3) is 0 Å². The lowest BCUT2D eigenvalue weighted by atomic mass is 10.1. The standard InChI is InChI=1S/C27H54O4/c1-4-7-8-9-10-15-18-21-24-28-26-29-25-22-19-16-13-11-12-14-17-20-23-27(30-5-2)31-6-3/h22,25,27H,4-21,23-24,26H2,1-3H3. The fourth-order valence-corrected chi connectivity index (χ4v) is 3.66. The van der Waals surface area contributed by atoms with Gasteiger partial charge in [0.15, 0.2) is 13.1 Å². The van der Waals surface area contributed by atoms with Crippen molar-refractivity contribution in [3.8, 4) is 0 Å². The van der Waals surface area contributed by atoms with Crippen LogP contribution in [0, 0.1) is 0 Å². The molecule has 0 aliphatic rings. The van der Waals surface area contributed by atoms with E-state index in [2.05, 4.69) is 13.0 Å². The summed E-state index contributed by atoms with van der Waals surface area (Å²) in [6, 6.07) is 0. The zero-order valence-corrected chi connectivity index (χ0v) is 21.2. The van der Waals surface area contributed by atoms with Gasteiger partial charge >= 0.3 is 0 Å². The van der Waals surface area contributed by atoms with E-state index < -0.39 is 0 Å². The van der Waals surface area contributed by atoms with Gasteiger partial charge in [-0.25, -0.2) is 0 Å². The quantitative estimate of drug-likeness (QED) is 0.0764. The van der Waals surface area contributed by atoms with E-state index >= 15 is 0 Å². The SMILES string of the molecule is CCCCCCCCCCOCOC=CCCCCCCCCCC(OCC)OCC. The van der Waals surface area contributed by atoms with Crippen molar-refractivity contribution < 1.29 is 18.9 Å². The van der Waals surface area contributed by atoms with Crippen LogP contribution in [0.2, 0.25) is 0 Å². The second-order valence-electron chi connectivity index (χ2n) is 8.43.